The molecule has 1 aliphatic heterocycles. The van der Waals surface area contributed by atoms with Gasteiger partial charge in [0.05, 0.1) is 12.2 Å². The van der Waals surface area contributed by atoms with Crippen LogP contribution in [0.5, 0.6) is 0 Å². The minimum Gasteiger partial charge on any atom is -0.375 e. The van der Waals surface area contributed by atoms with Gasteiger partial charge in [0.2, 0.25) is 0 Å². The van der Waals surface area contributed by atoms with Crippen LogP contribution in [0.1, 0.15) is 34.6 Å². The summed E-state index contributed by atoms with van der Waals surface area (Å²) in [4.78, 5) is 12.0. The predicted molar refractivity (Wildman–Crippen MR) is 67.2 cm³/mol. The Bertz CT molecular complexity index is 378. The Morgan fingerprint density at radius 2 is 1.94 bits per heavy atom. The molecule has 0 spiro atoms. The third-order valence-corrected chi connectivity index (χ3v) is 3.24. The number of carbonyl (C=O) groups is 1. The van der Waals surface area contributed by atoms with Crippen molar-refractivity contribution in [1.82, 2.24) is 0 Å². The molecular formula is C14H22O4. The third-order valence-electron chi connectivity index (χ3n) is 3.24. The van der Waals surface area contributed by atoms with E-state index in [1.807, 2.05) is 34.6 Å². The summed E-state index contributed by atoms with van der Waals surface area (Å²) in [6.07, 6.45) is -0.775. The van der Waals surface area contributed by atoms with Crippen LogP contribution in [0.3, 0.4) is 0 Å². The summed E-state index contributed by atoms with van der Waals surface area (Å²) in [6, 6.07) is 0. The maximum atomic E-state index is 12.0. The van der Waals surface area contributed by atoms with Gasteiger partial charge >= 0.3 is 0 Å². The smallest absolute Gasteiger partial charge is 0.190 e. The molecule has 2 rings (SSSR count). The normalized spacial score (nSPS) is 35.1. The van der Waals surface area contributed by atoms with Crippen LogP contribution in [0, 0.1) is 5.92 Å². The van der Waals surface area contributed by atoms with Gasteiger partial charge in [-0.25, -0.2) is 0 Å². The lowest BCUT2D eigenvalue weighted by Crippen LogP contribution is -2.31. The van der Waals surface area contributed by atoms with Crippen molar-refractivity contribution < 1.29 is 19.0 Å². The lowest BCUT2D eigenvalue weighted by molar-refractivity contribution is -0.161. The van der Waals surface area contributed by atoms with E-state index in [1.165, 1.54) is 0 Å². The summed E-state index contributed by atoms with van der Waals surface area (Å²) in [5.74, 6) is -0.859. The van der Waals surface area contributed by atoms with Gasteiger partial charge in [0.1, 0.15) is 6.10 Å². The van der Waals surface area contributed by atoms with Crippen molar-refractivity contribution in [3.05, 3.63) is 12.2 Å². The van der Waals surface area contributed by atoms with E-state index in [0.717, 1.165) is 0 Å². The fraction of sp³-hybridized carbons (Fsp3) is 0.786. The van der Waals surface area contributed by atoms with Crippen molar-refractivity contribution in [3.8, 4) is 0 Å². The molecule has 3 atom stereocenters. The molecule has 102 valence electrons. The average molecular weight is 254 g/mol. The van der Waals surface area contributed by atoms with E-state index in [0.29, 0.717) is 12.2 Å². The molecule has 0 radical (unpaired) electrons. The highest BCUT2D eigenvalue weighted by atomic mass is 16.8. The van der Waals surface area contributed by atoms with Crippen LogP contribution in [-0.2, 0) is 19.0 Å². The zero-order valence-corrected chi connectivity index (χ0v) is 11.8. The number of carbonyl (C=O) groups excluding carboxylic acids is 1. The molecule has 1 aliphatic carbocycles. The van der Waals surface area contributed by atoms with E-state index in [4.69, 9.17) is 14.2 Å². The largest absolute Gasteiger partial charge is 0.375 e. The SMILES string of the molecule is C=C1C(=O)C2OC(C)(C)OC2C1COC(C)(C)C. The van der Waals surface area contributed by atoms with Crippen LogP contribution in [0.25, 0.3) is 0 Å². The maximum Gasteiger partial charge on any atom is 0.190 e. The summed E-state index contributed by atoms with van der Waals surface area (Å²) in [5.41, 5.74) is 0.320. The number of rotatable bonds is 2. The molecule has 1 heterocycles. The van der Waals surface area contributed by atoms with Crippen LogP contribution < -0.4 is 0 Å². The van der Waals surface area contributed by atoms with E-state index in [1.54, 1.807) is 0 Å². The second-order valence-electron chi connectivity index (χ2n) is 6.44. The van der Waals surface area contributed by atoms with Crippen LogP contribution in [0.15, 0.2) is 12.2 Å². The van der Waals surface area contributed by atoms with Crippen molar-refractivity contribution in [2.24, 2.45) is 5.92 Å². The topological polar surface area (TPSA) is 44.8 Å². The summed E-state index contributed by atoms with van der Waals surface area (Å²) in [7, 11) is 0. The highest BCUT2D eigenvalue weighted by Crippen LogP contribution is 2.42. The fourth-order valence-electron chi connectivity index (χ4n) is 2.38. The first-order valence-corrected chi connectivity index (χ1v) is 6.33. The second-order valence-corrected chi connectivity index (χ2v) is 6.44. The summed E-state index contributed by atoms with van der Waals surface area (Å²) >= 11 is 0. The minimum atomic E-state index is -0.703. The van der Waals surface area contributed by atoms with Crippen LogP contribution >= 0.6 is 0 Å². The van der Waals surface area contributed by atoms with E-state index in [9.17, 15) is 4.79 Å². The molecule has 0 amide bonds. The zero-order chi connectivity index (χ0) is 13.7. The van der Waals surface area contributed by atoms with E-state index in [-0.39, 0.29) is 23.4 Å². The zero-order valence-electron chi connectivity index (χ0n) is 11.8. The summed E-state index contributed by atoms with van der Waals surface area (Å²) in [5, 5.41) is 0. The molecule has 3 unspecified atom stereocenters. The Kier molecular flexibility index (Phi) is 3.16. The quantitative estimate of drug-likeness (QED) is 0.708. The maximum absolute atomic E-state index is 12.0. The molecule has 1 saturated carbocycles. The number of ether oxygens (including phenoxy) is 3. The summed E-state index contributed by atoms with van der Waals surface area (Å²) in [6.45, 7) is 13.9. The Hall–Kier alpha value is -0.710. The molecule has 2 fully saturated rings. The molecule has 0 aromatic rings. The lowest BCUT2D eigenvalue weighted by atomic mass is 10.0. The number of hydrogen-bond acceptors (Lipinski definition) is 4. The lowest BCUT2D eigenvalue weighted by Gasteiger charge is -2.26. The van der Waals surface area contributed by atoms with Crippen LogP contribution in [0.4, 0.5) is 0 Å². The monoisotopic (exact) mass is 254 g/mol. The molecule has 4 nitrogen and oxygen atoms in total. The average Bonchev–Trinajstić information content (AvgIpc) is 2.60. The van der Waals surface area contributed by atoms with Crippen molar-refractivity contribution in [2.45, 2.75) is 58.2 Å². The molecule has 2 aliphatic rings. The Morgan fingerprint density at radius 1 is 1.33 bits per heavy atom. The van der Waals surface area contributed by atoms with Crippen molar-refractivity contribution in [1.29, 1.82) is 0 Å². The van der Waals surface area contributed by atoms with Gasteiger partial charge in [0, 0.05) is 5.92 Å². The number of ketones is 1. The first-order chi connectivity index (χ1) is 8.11. The van der Waals surface area contributed by atoms with Crippen molar-refractivity contribution in [2.75, 3.05) is 6.61 Å². The molecule has 0 bridgehead atoms. The van der Waals surface area contributed by atoms with E-state index < -0.39 is 11.9 Å². The second kappa shape index (κ2) is 4.15. The predicted octanol–water partition coefficient (Wildman–Crippen LogP) is 2.08. The third kappa shape index (κ3) is 2.51. The number of Topliss-reactive ketones (excluding diaryl/α,β-unsaturated/α-hetero) is 1. The molecule has 0 aromatic carbocycles. The summed E-state index contributed by atoms with van der Waals surface area (Å²) < 4.78 is 17.2. The van der Waals surface area contributed by atoms with Gasteiger partial charge in [0.15, 0.2) is 17.7 Å². The van der Waals surface area contributed by atoms with Gasteiger partial charge in [-0.15, -0.1) is 0 Å². The van der Waals surface area contributed by atoms with Crippen LogP contribution in [-0.4, -0.2) is 36.0 Å². The first-order valence-electron chi connectivity index (χ1n) is 6.33. The Labute approximate surface area is 108 Å². The van der Waals surface area contributed by atoms with Gasteiger partial charge in [0.25, 0.3) is 0 Å². The van der Waals surface area contributed by atoms with Crippen molar-refractivity contribution in [3.63, 3.8) is 0 Å². The van der Waals surface area contributed by atoms with Gasteiger partial charge in [-0.2, -0.15) is 0 Å². The van der Waals surface area contributed by atoms with E-state index >= 15 is 0 Å². The standard InChI is InChI=1S/C14H22O4/c1-8-9(7-16-13(2,3)4)11-12(10(8)15)18-14(5,6)17-11/h9,11-12H,1,7H2,2-6H3. The molecule has 4 heteroatoms. The van der Waals surface area contributed by atoms with Crippen LogP contribution in [0.2, 0.25) is 0 Å². The van der Waals surface area contributed by atoms with Gasteiger partial charge in [-0.1, -0.05) is 6.58 Å². The minimum absolute atomic E-state index is 0.0481. The Morgan fingerprint density at radius 3 is 2.50 bits per heavy atom. The molecule has 18 heavy (non-hydrogen) atoms. The molecular weight excluding hydrogens is 232 g/mol. The van der Waals surface area contributed by atoms with E-state index in [2.05, 4.69) is 6.58 Å². The van der Waals surface area contributed by atoms with Gasteiger partial charge < -0.3 is 14.2 Å². The highest BCUT2D eigenvalue weighted by molar-refractivity contribution is 6.02. The van der Waals surface area contributed by atoms with Gasteiger partial charge in [-0.3, -0.25) is 4.79 Å². The number of hydrogen-bond donors (Lipinski definition) is 0. The number of fused-ring (bicyclic) bond motifs is 1. The molecule has 0 N–H and O–H groups in total. The van der Waals surface area contributed by atoms with Gasteiger partial charge in [-0.05, 0) is 40.2 Å². The molecule has 0 aromatic heterocycles. The van der Waals surface area contributed by atoms with Crippen molar-refractivity contribution >= 4 is 5.78 Å². The molecule has 1 saturated heterocycles. The highest BCUT2D eigenvalue weighted by Gasteiger charge is 2.55. The fourth-order valence-corrected chi connectivity index (χ4v) is 2.38. The first kappa shape index (κ1) is 13.7. The Balaban J connectivity index is 2.11.